The Morgan fingerprint density at radius 1 is 1.30 bits per heavy atom. The van der Waals surface area contributed by atoms with Crippen molar-refractivity contribution < 1.29 is 23.8 Å². The number of ether oxygens (including phenoxy) is 3. The lowest BCUT2D eigenvalue weighted by molar-refractivity contribution is -0.125. The molecule has 0 saturated heterocycles. The van der Waals surface area contributed by atoms with E-state index >= 15 is 0 Å². The van der Waals surface area contributed by atoms with Gasteiger partial charge < -0.3 is 24.8 Å². The third-order valence-corrected chi connectivity index (χ3v) is 4.04. The first-order valence-corrected chi connectivity index (χ1v) is 8.09. The summed E-state index contributed by atoms with van der Waals surface area (Å²) in [6, 6.07) is 13.5. The number of nitrogens with zero attached hydrogens (tertiary/aromatic N) is 2. The first-order valence-electron chi connectivity index (χ1n) is 8.09. The molecule has 2 aromatic carbocycles. The van der Waals surface area contributed by atoms with Crippen LogP contribution in [0.1, 0.15) is 5.56 Å². The van der Waals surface area contributed by atoms with E-state index < -0.39 is 12.0 Å². The first-order chi connectivity index (χ1) is 13.0. The number of hydrogen-bond donors (Lipinski definition) is 1. The number of carbonyl (C=O) groups excluding carboxylic acids is 2. The molecule has 27 heavy (non-hydrogen) atoms. The van der Waals surface area contributed by atoms with Crippen molar-refractivity contribution in [2.75, 3.05) is 25.2 Å². The van der Waals surface area contributed by atoms with Gasteiger partial charge in [-0.3, -0.25) is 9.59 Å². The van der Waals surface area contributed by atoms with E-state index in [1.165, 1.54) is 18.1 Å². The molecule has 1 aliphatic heterocycles. The van der Waals surface area contributed by atoms with Crippen LogP contribution < -0.4 is 24.8 Å². The van der Waals surface area contributed by atoms with Gasteiger partial charge in [0.25, 0.3) is 11.8 Å². The minimum atomic E-state index is -0.937. The molecule has 0 bridgehead atoms. The second kappa shape index (κ2) is 7.66. The summed E-state index contributed by atoms with van der Waals surface area (Å²) in [5.41, 5.74) is 6.29. The van der Waals surface area contributed by atoms with Gasteiger partial charge in [-0.05, 0) is 24.3 Å². The molecule has 0 aliphatic carbocycles. The lowest BCUT2D eigenvalue weighted by atomic mass is 10.2. The van der Waals surface area contributed by atoms with E-state index in [4.69, 9.17) is 25.2 Å². The van der Waals surface area contributed by atoms with Crippen LogP contribution in [-0.2, 0) is 9.59 Å². The summed E-state index contributed by atoms with van der Waals surface area (Å²) < 4.78 is 16.3. The van der Waals surface area contributed by atoms with Crippen molar-refractivity contribution >= 4 is 17.5 Å². The molecule has 3 rings (SSSR count). The lowest BCUT2D eigenvalue weighted by Gasteiger charge is -2.33. The number of anilines is 1. The highest BCUT2D eigenvalue weighted by molar-refractivity contribution is 5.98. The van der Waals surface area contributed by atoms with Gasteiger partial charge in [-0.1, -0.05) is 12.1 Å². The number of nitrogens with two attached hydrogens (primary N) is 1. The predicted molar refractivity (Wildman–Crippen MR) is 95.6 cm³/mol. The van der Waals surface area contributed by atoms with Crippen molar-refractivity contribution in [2.24, 2.45) is 5.73 Å². The van der Waals surface area contributed by atoms with Crippen LogP contribution in [0, 0.1) is 11.3 Å². The fourth-order valence-electron chi connectivity index (χ4n) is 2.69. The lowest BCUT2D eigenvalue weighted by Crippen LogP contribution is -2.50. The van der Waals surface area contributed by atoms with E-state index in [0.717, 1.165) is 0 Å². The third kappa shape index (κ3) is 3.77. The summed E-state index contributed by atoms with van der Waals surface area (Å²) in [7, 11) is 1.45. The van der Waals surface area contributed by atoms with Gasteiger partial charge in [0, 0.05) is 6.07 Å². The summed E-state index contributed by atoms with van der Waals surface area (Å²) in [4.78, 5) is 25.7. The number of hydrogen-bond acceptors (Lipinski definition) is 6. The molecule has 1 heterocycles. The summed E-state index contributed by atoms with van der Waals surface area (Å²) in [5.74, 6) is 0.0503. The molecule has 1 unspecified atom stereocenters. The average molecular weight is 367 g/mol. The van der Waals surface area contributed by atoms with Gasteiger partial charge in [0.1, 0.15) is 5.75 Å². The number of amides is 2. The first kappa shape index (κ1) is 18.1. The van der Waals surface area contributed by atoms with Gasteiger partial charge in [-0.15, -0.1) is 0 Å². The molecular formula is C19H17N3O5. The van der Waals surface area contributed by atoms with Crippen LogP contribution in [0.2, 0.25) is 0 Å². The van der Waals surface area contributed by atoms with Crippen molar-refractivity contribution in [3.63, 3.8) is 0 Å². The Kier molecular flexibility index (Phi) is 5.13. The van der Waals surface area contributed by atoms with Crippen LogP contribution in [0.25, 0.3) is 0 Å². The number of rotatable bonds is 5. The molecule has 2 amide bonds. The summed E-state index contributed by atoms with van der Waals surface area (Å²) >= 11 is 0. The maximum absolute atomic E-state index is 12.7. The largest absolute Gasteiger partial charge is 0.493 e. The van der Waals surface area contributed by atoms with Crippen molar-refractivity contribution in [2.45, 2.75) is 6.10 Å². The number of carbonyl (C=O) groups is 2. The fourth-order valence-corrected chi connectivity index (χ4v) is 2.69. The van der Waals surface area contributed by atoms with E-state index in [1.807, 2.05) is 6.07 Å². The molecule has 0 radical (unpaired) electrons. The number of methoxy groups -OCH3 is 1. The van der Waals surface area contributed by atoms with Crippen molar-refractivity contribution in [1.82, 2.24) is 0 Å². The molecule has 0 saturated carbocycles. The quantitative estimate of drug-likeness (QED) is 0.850. The van der Waals surface area contributed by atoms with Gasteiger partial charge >= 0.3 is 0 Å². The highest BCUT2D eigenvalue weighted by atomic mass is 16.5. The van der Waals surface area contributed by atoms with E-state index in [0.29, 0.717) is 28.5 Å². The zero-order valence-electron chi connectivity index (χ0n) is 14.5. The van der Waals surface area contributed by atoms with Gasteiger partial charge in [0.2, 0.25) is 0 Å². The van der Waals surface area contributed by atoms with Gasteiger partial charge in [0.05, 0.1) is 31.0 Å². The third-order valence-electron chi connectivity index (χ3n) is 4.04. The number of nitriles is 1. The van der Waals surface area contributed by atoms with Crippen LogP contribution in [0.4, 0.5) is 5.69 Å². The van der Waals surface area contributed by atoms with E-state index in [9.17, 15) is 9.59 Å². The van der Waals surface area contributed by atoms with Crippen molar-refractivity contribution in [3.8, 4) is 23.3 Å². The van der Waals surface area contributed by atoms with Gasteiger partial charge in [0.15, 0.2) is 24.2 Å². The Bertz CT molecular complexity index is 922. The number of primary amides is 1. The Balaban J connectivity index is 1.78. The smallest absolute Gasteiger partial charge is 0.265 e. The van der Waals surface area contributed by atoms with E-state index in [2.05, 4.69) is 0 Å². The van der Waals surface area contributed by atoms with Crippen molar-refractivity contribution in [1.29, 1.82) is 5.26 Å². The Labute approximate surface area is 155 Å². The molecule has 0 fully saturated rings. The zero-order valence-corrected chi connectivity index (χ0v) is 14.5. The second-order valence-corrected chi connectivity index (χ2v) is 5.75. The van der Waals surface area contributed by atoms with Crippen molar-refractivity contribution in [3.05, 3.63) is 48.0 Å². The van der Waals surface area contributed by atoms with Crippen LogP contribution >= 0.6 is 0 Å². The molecule has 8 nitrogen and oxygen atoms in total. The second-order valence-electron chi connectivity index (χ2n) is 5.75. The van der Waals surface area contributed by atoms with Crippen LogP contribution in [0.5, 0.6) is 17.2 Å². The molecule has 1 atom stereocenters. The van der Waals surface area contributed by atoms with Gasteiger partial charge in [-0.25, -0.2) is 0 Å². The minimum absolute atomic E-state index is 0.000947. The molecule has 138 valence electrons. The molecule has 2 N–H and O–H groups in total. The maximum Gasteiger partial charge on any atom is 0.265 e. The standard InChI is InChI=1S/C19H17N3O5/c1-25-16-8-12(9-20)6-7-15(16)26-11-18(23)22-10-17(19(21)24)27-14-5-3-2-4-13(14)22/h2-8,17H,10-11H2,1H3,(H2,21,24). The van der Waals surface area contributed by atoms with Crippen LogP contribution in [0.15, 0.2) is 42.5 Å². The Morgan fingerprint density at radius 2 is 2.07 bits per heavy atom. The average Bonchev–Trinajstić information content (AvgIpc) is 2.70. The molecule has 0 aromatic heterocycles. The molecule has 0 spiro atoms. The summed E-state index contributed by atoms with van der Waals surface area (Å²) in [6.45, 7) is -0.291. The monoisotopic (exact) mass is 367 g/mol. The van der Waals surface area contributed by atoms with Crippen LogP contribution in [-0.4, -0.2) is 38.2 Å². The predicted octanol–water partition coefficient (Wildman–Crippen LogP) is 1.23. The Hall–Kier alpha value is -3.73. The molecular weight excluding hydrogens is 350 g/mol. The number of benzene rings is 2. The SMILES string of the molecule is COc1cc(C#N)ccc1OCC(=O)N1CC(C(N)=O)Oc2ccccc21. The summed E-state index contributed by atoms with van der Waals surface area (Å²) in [6.07, 6.45) is -0.937. The highest BCUT2D eigenvalue weighted by Gasteiger charge is 2.32. The molecule has 2 aromatic rings. The Morgan fingerprint density at radius 3 is 2.78 bits per heavy atom. The minimum Gasteiger partial charge on any atom is -0.493 e. The topological polar surface area (TPSA) is 115 Å². The maximum atomic E-state index is 12.7. The van der Waals surface area contributed by atoms with Crippen LogP contribution in [0.3, 0.4) is 0 Å². The highest BCUT2D eigenvalue weighted by Crippen LogP contribution is 2.33. The zero-order chi connectivity index (χ0) is 19.4. The number of para-hydroxylation sites is 2. The molecule has 1 aliphatic rings. The van der Waals surface area contributed by atoms with E-state index in [-0.39, 0.29) is 19.1 Å². The van der Waals surface area contributed by atoms with E-state index in [1.54, 1.807) is 36.4 Å². The summed E-state index contributed by atoms with van der Waals surface area (Å²) in [5, 5.41) is 8.94. The normalized spacial score (nSPS) is 15.1. The fraction of sp³-hybridized carbons (Fsp3) is 0.211. The van der Waals surface area contributed by atoms with Gasteiger partial charge in [-0.2, -0.15) is 5.26 Å². The number of fused-ring (bicyclic) bond motifs is 1. The molecule has 8 heteroatoms.